The molecule has 1 aliphatic carbocycles. The Balaban J connectivity index is 1.58. The van der Waals surface area contributed by atoms with Crippen molar-refractivity contribution in [1.29, 1.82) is 0 Å². The van der Waals surface area contributed by atoms with Crippen LogP contribution in [-0.2, 0) is 0 Å². The Kier molecular flexibility index (Phi) is 4.00. The second kappa shape index (κ2) is 5.28. The second-order valence-electron chi connectivity index (χ2n) is 5.28. The van der Waals surface area contributed by atoms with Crippen LogP contribution >= 0.6 is 0 Å². The number of piperidine rings is 1. The van der Waals surface area contributed by atoms with E-state index in [1.165, 1.54) is 32.2 Å². The van der Waals surface area contributed by atoms with E-state index in [4.69, 9.17) is 0 Å². The highest BCUT2D eigenvalue weighted by molar-refractivity contribution is 4.82. The van der Waals surface area contributed by atoms with Crippen LogP contribution in [0.15, 0.2) is 0 Å². The largest absolute Gasteiger partial charge is 0.392 e. The third kappa shape index (κ3) is 4.09. The summed E-state index contributed by atoms with van der Waals surface area (Å²) < 4.78 is 0. The van der Waals surface area contributed by atoms with Crippen LogP contribution in [0.1, 0.15) is 32.6 Å². The predicted octanol–water partition coefficient (Wildman–Crippen LogP) is 0.831. The van der Waals surface area contributed by atoms with E-state index in [0.29, 0.717) is 0 Å². The molecule has 1 saturated carbocycles. The van der Waals surface area contributed by atoms with Crippen molar-refractivity contribution < 1.29 is 5.11 Å². The molecule has 2 rings (SSSR count). The maximum Gasteiger partial charge on any atom is 0.0639 e. The van der Waals surface area contributed by atoms with Gasteiger partial charge in [0.05, 0.1) is 6.10 Å². The molecule has 0 spiro atoms. The first-order valence-corrected chi connectivity index (χ1v) is 6.38. The van der Waals surface area contributed by atoms with Gasteiger partial charge >= 0.3 is 0 Å². The molecule has 0 aromatic rings. The van der Waals surface area contributed by atoms with Crippen LogP contribution in [0, 0.1) is 5.92 Å². The van der Waals surface area contributed by atoms with Crippen molar-refractivity contribution >= 4 is 0 Å². The molecule has 1 aliphatic heterocycles. The Morgan fingerprint density at radius 1 is 1.27 bits per heavy atom. The molecule has 88 valence electrons. The fourth-order valence-electron chi connectivity index (χ4n) is 2.35. The monoisotopic (exact) mass is 212 g/mol. The molecule has 2 fully saturated rings. The van der Waals surface area contributed by atoms with Crippen molar-refractivity contribution in [3.05, 3.63) is 0 Å². The zero-order chi connectivity index (χ0) is 10.7. The van der Waals surface area contributed by atoms with Crippen LogP contribution in [0.5, 0.6) is 0 Å². The molecule has 0 aromatic carbocycles. The lowest BCUT2D eigenvalue weighted by atomic mass is 10.0. The van der Waals surface area contributed by atoms with Crippen LogP contribution in [-0.4, -0.2) is 48.3 Å². The highest BCUT2D eigenvalue weighted by Gasteiger charge is 2.24. The average molecular weight is 212 g/mol. The lowest BCUT2D eigenvalue weighted by Crippen LogP contribution is -2.44. The SMILES string of the molecule is C[C@H](O)CN1CCC(NCC2CC2)CC1. The van der Waals surface area contributed by atoms with Gasteiger partial charge in [0, 0.05) is 12.6 Å². The van der Waals surface area contributed by atoms with Crippen LogP contribution in [0.4, 0.5) is 0 Å². The molecule has 0 unspecified atom stereocenters. The van der Waals surface area contributed by atoms with E-state index in [9.17, 15) is 5.11 Å². The molecule has 1 heterocycles. The van der Waals surface area contributed by atoms with E-state index in [0.717, 1.165) is 31.6 Å². The summed E-state index contributed by atoms with van der Waals surface area (Å²) in [7, 11) is 0. The van der Waals surface area contributed by atoms with Crippen molar-refractivity contribution in [3.8, 4) is 0 Å². The summed E-state index contributed by atoms with van der Waals surface area (Å²) >= 11 is 0. The standard InChI is InChI=1S/C12H24N2O/c1-10(15)9-14-6-4-12(5-7-14)13-8-11-2-3-11/h10-13,15H,2-9H2,1H3/t10-/m0/s1. The van der Waals surface area contributed by atoms with Gasteiger partial charge in [0.2, 0.25) is 0 Å². The first-order chi connectivity index (χ1) is 7.24. The van der Waals surface area contributed by atoms with Gasteiger partial charge in [-0.05, 0) is 58.2 Å². The van der Waals surface area contributed by atoms with Crippen LogP contribution in [0.3, 0.4) is 0 Å². The minimum Gasteiger partial charge on any atom is -0.392 e. The Labute approximate surface area is 92.8 Å². The number of aliphatic hydroxyl groups is 1. The topological polar surface area (TPSA) is 35.5 Å². The van der Waals surface area contributed by atoms with Gasteiger partial charge < -0.3 is 15.3 Å². The number of rotatable bonds is 5. The number of β-amino-alcohol motifs (C(OH)–C–C–N with tert-alkyl or cyclic N) is 1. The highest BCUT2D eigenvalue weighted by Crippen LogP contribution is 2.28. The maximum atomic E-state index is 9.30. The van der Waals surface area contributed by atoms with Crippen LogP contribution < -0.4 is 5.32 Å². The van der Waals surface area contributed by atoms with E-state index >= 15 is 0 Å². The van der Waals surface area contributed by atoms with Crippen LogP contribution in [0.25, 0.3) is 0 Å². The van der Waals surface area contributed by atoms with E-state index in [-0.39, 0.29) is 6.10 Å². The van der Waals surface area contributed by atoms with Gasteiger partial charge in [-0.15, -0.1) is 0 Å². The molecule has 0 aromatic heterocycles. The number of hydrogen-bond donors (Lipinski definition) is 2. The highest BCUT2D eigenvalue weighted by atomic mass is 16.3. The smallest absolute Gasteiger partial charge is 0.0639 e. The summed E-state index contributed by atoms with van der Waals surface area (Å²) in [5.74, 6) is 0.987. The van der Waals surface area contributed by atoms with Gasteiger partial charge in [-0.2, -0.15) is 0 Å². The molecule has 2 N–H and O–H groups in total. The Bertz CT molecular complexity index is 184. The number of aliphatic hydroxyl groups excluding tert-OH is 1. The van der Waals surface area contributed by atoms with Crippen molar-refractivity contribution in [3.63, 3.8) is 0 Å². The van der Waals surface area contributed by atoms with Gasteiger partial charge in [-0.25, -0.2) is 0 Å². The molecular weight excluding hydrogens is 188 g/mol. The Morgan fingerprint density at radius 2 is 1.93 bits per heavy atom. The van der Waals surface area contributed by atoms with Crippen molar-refractivity contribution in [2.45, 2.75) is 44.8 Å². The number of hydrogen-bond acceptors (Lipinski definition) is 3. The van der Waals surface area contributed by atoms with Gasteiger partial charge in [0.1, 0.15) is 0 Å². The first kappa shape index (κ1) is 11.4. The average Bonchev–Trinajstić information content (AvgIpc) is 2.99. The zero-order valence-corrected chi connectivity index (χ0v) is 9.78. The van der Waals surface area contributed by atoms with E-state index in [2.05, 4.69) is 10.2 Å². The van der Waals surface area contributed by atoms with Crippen molar-refractivity contribution in [1.82, 2.24) is 10.2 Å². The summed E-state index contributed by atoms with van der Waals surface area (Å²) in [6, 6.07) is 0.732. The first-order valence-electron chi connectivity index (χ1n) is 6.38. The lowest BCUT2D eigenvalue weighted by molar-refractivity contribution is 0.105. The molecule has 1 saturated heterocycles. The van der Waals surface area contributed by atoms with Crippen LogP contribution in [0.2, 0.25) is 0 Å². The minimum absolute atomic E-state index is 0.180. The predicted molar refractivity (Wildman–Crippen MR) is 61.9 cm³/mol. The Morgan fingerprint density at radius 3 is 2.47 bits per heavy atom. The molecule has 0 radical (unpaired) electrons. The number of nitrogens with zero attached hydrogens (tertiary/aromatic N) is 1. The fourth-order valence-corrected chi connectivity index (χ4v) is 2.35. The summed E-state index contributed by atoms with van der Waals surface area (Å²) in [6.45, 7) is 6.24. The molecule has 15 heavy (non-hydrogen) atoms. The maximum absolute atomic E-state index is 9.30. The molecule has 2 aliphatic rings. The summed E-state index contributed by atoms with van der Waals surface area (Å²) in [4.78, 5) is 2.37. The second-order valence-corrected chi connectivity index (χ2v) is 5.28. The zero-order valence-electron chi connectivity index (χ0n) is 9.78. The summed E-state index contributed by atoms with van der Waals surface area (Å²) in [6.07, 6.45) is 5.20. The van der Waals surface area contributed by atoms with E-state index < -0.39 is 0 Å². The molecular formula is C12H24N2O. The van der Waals surface area contributed by atoms with Gasteiger partial charge in [0.15, 0.2) is 0 Å². The number of likely N-dealkylation sites (tertiary alicyclic amines) is 1. The van der Waals surface area contributed by atoms with Gasteiger partial charge in [-0.1, -0.05) is 0 Å². The number of nitrogens with one attached hydrogen (secondary N) is 1. The summed E-state index contributed by atoms with van der Waals surface area (Å²) in [5, 5.41) is 13.0. The quantitative estimate of drug-likeness (QED) is 0.708. The molecule has 0 bridgehead atoms. The van der Waals surface area contributed by atoms with Crippen molar-refractivity contribution in [2.75, 3.05) is 26.2 Å². The van der Waals surface area contributed by atoms with Gasteiger partial charge in [-0.3, -0.25) is 0 Å². The molecule has 3 nitrogen and oxygen atoms in total. The normalized spacial score (nSPS) is 26.8. The van der Waals surface area contributed by atoms with Crippen molar-refractivity contribution in [2.24, 2.45) is 5.92 Å². The van der Waals surface area contributed by atoms with Gasteiger partial charge in [0.25, 0.3) is 0 Å². The minimum atomic E-state index is -0.180. The third-order valence-electron chi connectivity index (χ3n) is 3.50. The van der Waals surface area contributed by atoms with E-state index in [1.807, 2.05) is 6.92 Å². The molecule has 3 heteroatoms. The lowest BCUT2D eigenvalue weighted by Gasteiger charge is -2.33. The molecule has 0 amide bonds. The molecule has 1 atom stereocenters. The summed E-state index contributed by atoms with van der Waals surface area (Å²) in [5.41, 5.74) is 0. The van der Waals surface area contributed by atoms with E-state index in [1.54, 1.807) is 0 Å². The fraction of sp³-hybridized carbons (Fsp3) is 1.00. The Hall–Kier alpha value is -0.120. The third-order valence-corrected chi connectivity index (χ3v) is 3.50.